The molecule has 0 saturated carbocycles. The lowest BCUT2D eigenvalue weighted by molar-refractivity contribution is 0.233. The van der Waals surface area contributed by atoms with Gasteiger partial charge in [0.2, 0.25) is 0 Å². The van der Waals surface area contributed by atoms with E-state index in [-0.39, 0.29) is 6.61 Å². The molecule has 0 fully saturated rings. The van der Waals surface area contributed by atoms with E-state index in [9.17, 15) is 0 Å². The normalized spacial score (nSPS) is 13.5. The molecule has 0 atom stereocenters. The van der Waals surface area contributed by atoms with Crippen LogP contribution in [0.2, 0.25) is 0 Å². The van der Waals surface area contributed by atoms with Gasteiger partial charge in [-0.3, -0.25) is 0 Å². The van der Waals surface area contributed by atoms with Crippen molar-refractivity contribution < 1.29 is 9.84 Å². The summed E-state index contributed by atoms with van der Waals surface area (Å²) in [4.78, 5) is 0. The molecule has 0 aliphatic carbocycles. The Kier molecular flexibility index (Phi) is 7.65. The van der Waals surface area contributed by atoms with E-state index in [4.69, 9.17) is 9.84 Å². The second-order valence-electron chi connectivity index (χ2n) is 3.25. The zero-order valence-corrected chi connectivity index (χ0v) is 8.84. The Morgan fingerprint density at radius 3 is 2.46 bits per heavy atom. The number of rotatable bonds is 6. The lowest BCUT2D eigenvalue weighted by Gasteiger charge is -1.99. The molecule has 76 valence electrons. The van der Waals surface area contributed by atoms with Gasteiger partial charge in [-0.05, 0) is 26.7 Å². The molecule has 0 saturated heterocycles. The number of hydrogen-bond acceptors (Lipinski definition) is 2. The van der Waals surface area contributed by atoms with Gasteiger partial charge in [0.1, 0.15) is 0 Å². The molecule has 13 heavy (non-hydrogen) atoms. The molecule has 0 spiro atoms. The van der Waals surface area contributed by atoms with Gasteiger partial charge >= 0.3 is 0 Å². The summed E-state index contributed by atoms with van der Waals surface area (Å²) < 4.78 is 4.93. The van der Waals surface area contributed by atoms with Crippen molar-refractivity contribution >= 4 is 0 Å². The predicted molar refractivity (Wildman–Crippen MR) is 55.7 cm³/mol. The van der Waals surface area contributed by atoms with Crippen molar-refractivity contribution in [3.8, 4) is 0 Å². The van der Waals surface area contributed by atoms with Gasteiger partial charge in [-0.15, -0.1) is 0 Å². The molecule has 0 unspecified atom stereocenters. The molecule has 2 nitrogen and oxygen atoms in total. The van der Waals surface area contributed by atoms with Gasteiger partial charge < -0.3 is 9.84 Å². The average Bonchev–Trinajstić information content (AvgIpc) is 2.14. The van der Waals surface area contributed by atoms with Crippen LogP contribution in [0.5, 0.6) is 0 Å². The lowest BCUT2D eigenvalue weighted by Crippen LogP contribution is -1.86. The minimum absolute atomic E-state index is 0.167. The van der Waals surface area contributed by atoms with E-state index < -0.39 is 0 Å². The highest BCUT2D eigenvalue weighted by Crippen LogP contribution is 2.06. The van der Waals surface area contributed by atoms with E-state index >= 15 is 0 Å². The van der Waals surface area contributed by atoms with Crippen LogP contribution in [0.4, 0.5) is 0 Å². The molecule has 0 amide bonds. The highest BCUT2D eigenvalue weighted by atomic mass is 16.5. The molecule has 0 aromatic carbocycles. The standard InChI is InChI=1S/C11H20O2/c1-10(7-8-13-3)5-4-6-11(2)9-12/h6-7,12H,4-5,8-9H2,1-3H3/b10-7-,11-6+. The molecule has 0 aliphatic heterocycles. The molecule has 0 aliphatic rings. The van der Waals surface area contributed by atoms with Crippen LogP contribution in [0.15, 0.2) is 23.3 Å². The van der Waals surface area contributed by atoms with E-state index in [2.05, 4.69) is 19.1 Å². The highest BCUT2D eigenvalue weighted by Gasteiger charge is 1.89. The number of hydrogen-bond donors (Lipinski definition) is 1. The van der Waals surface area contributed by atoms with Crippen LogP contribution in [-0.4, -0.2) is 25.4 Å². The summed E-state index contributed by atoms with van der Waals surface area (Å²) >= 11 is 0. The number of aliphatic hydroxyl groups excluding tert-OH is 1. The maximum atomic E-state index is 8.74. The Morgan fingerprint density at radius 1 is 1.23 bits per heavy atom. The van der Waals surface area contributed by atoms with Crippen molar-refractivity contribution in [3.63, 3.8) is 0 Å². The fraction of sp³-hybridized carbons (Fsp3) is 0.636. The zero-order valence-electron chi connectivity index (χ0n) is 8.84. The van der Waals surface area contributed by atoms with Crippen LogP contribution >= 0.6 is 0 Å². The van der Waals surface area contributed by atoms with Crippen LogP contribution in [0.1, 0.15) is 26.7 Å². The van der Waals surface area contributed by atoms with Crippen LogP contribution in [0.3, 0.4) is 0 Å². The number of ether oxygens (including phenoxy) is 1. The van der Waals surface area contributed by atoms with Gasteiger partial charge in [0.05, 0.1) is 13.2 Å². The molecule has 1 N–H and O–H groups in total. The van der Waals surface area contributed by atoms with Gasteiger partial charge in [-0.1, -0.05) is 23.3 Å². The van der Waals surface area contributed by atoms with E-state index in [1.54, 1.807) is 7.11 Å². The molecule has 0 rings (SSSR count). The summed E-state index contributed by atoms with van der Waals surface area (Å²) in [5.41, 5.74) is 2.38. The Labute approximate surface area is 80.9 Å². The van der Waals surface area contributed by atoms with E-state index in [1.165, 1.54) is 5.57 Å². The largest absolute Gasteiger partial charge is 0.392 e. The summed E-state index contributed by atoms with van der Waals surface area (Å²) in [5.74, 6) is 0. The van der Waals surface area contributed by atoms with Crippen LogP contribution in [0.25, 0.3) is 0 Å². The highest BCUT2D eigenvalue weighted by molar-refractivity contribution is 5.03. The van der Waals surface area contributed by atoms with Gasteiger partial charge in [-0.25, -0.2) is 0 Å². The smallest absolute Gasteiger partial charge is 0.0646 e. The Hall–Kier alpha value is -0.600. The third-order valence-corrected chi connectivity index (χ3v) is 1.88. The predicted octanol–water partition coefficient (Wildman–Crippen LogP) is 2.30. The van der Waals surface area contributed by atoms with Crippen molar-refractivity contribution in [1.82, 2.24) is 0 Å². The lowest BCUT2D eigenvalue weighted by atomic mass is 10.1. The molecule has 0 heterocycles. The van der Waals surface area contributed by atoms with Gasteiger partial charge in [0.15, 0.2) is 0 Å². The molecular weight excluding hydrogens is 164 g/mol. The molecule has 2 heteroatoms. The van der Waals surface area contributed by atoms with Gasteiger partial charge in [0.25, 0.3) is 0 Å². The minimum atomic E-state index is 0.167. The first kappa shape index (κ1) is 12.4. The quantitative estimate of drug-likeness (QED) is 0.642. The summed E-state index contributed by atoms with van der Waals surface area (Å²) in [6.45, 7) is 4.89. The maximum Gasteiger partial charge on any atom is 0.0646 e. The third-order valence-electron chi connectivity index (χ3n) is 1.88. The fourth-order valence-corrected chi connectivity index (χ4v) is 0.938. The number of aliphatic hydroxyl groups is 1. The SMILES string of the molecule is COC/C=C(/C)CC/C=C(\C)CO. The maximum absolute atomic E-state index is 8.74. The van der Waals surface area contributed by atoms with Crippen LogP contribution < -0.4 is 0 Å². The summed E-state index contributed by atoms with van der Waals surface area (Å²) in [5, 5.41) is 8.74. The first-order valence-electron chi connectivity index (χ1n) is 4.61. The number of allylic oxidation sites excluding steroid dienone is 2. The first-order chi connectivity index (χ1) is 6.20. The summed E-state index contributed by atoms with van der Waals surface area (Å²) in [7, 11) is 1.69. The van der Waals surface area contributed by atoms with Crippen LogP contribution in [-0.2, 0) is 4.74 Å². The van der Waals surface area contributed by atoms with Crippen molar-refractivity contribution in [2.45, 2.75) is 26.7 Å². The molecule has 0 aromatic rings. The summed E-state index contributed by atoms with van der Waals surface area (Å²) in [6, 6.07) is 0. The molecule has 0 radical (unpaired) electrons. The van der Waals surface area contributed by atoms with Crippen molar-refractivity contribution in [1.29, 1.82) is 0 Å². The Balaban J connectivity index is 3.63. The molecule has 0 bridgehead atoms. The topological polar surface area (TPSA) is 29.5 Å². The van der Waals surface area contributed by atoms with Crippen LogP contribution in [0, 0.1) is 0 Å². The molecule has 0 aromatic heterocycles. The Morgan fingerprint density at radius 2 is 1.92 bits per heavy atom. The van der Waals surface area contributed by atoms with Crippen molar-refractivity contribution in [2.75, 3.05) is 20.3 Å². The monoisotopic (exact) mass is 184 g/mol. The van der Waals surface area contributed by atoms with Crippen molar-refractivity contribution in [2.24, 2.45) is 0 Å². The van der Waals surface area contributed by atoms with E-state index in [0.717, 1.165) is 18.4 Å². The average molecular weight is 184 g/mol. The number of methoxy groups -OCH3 is 1. The van der Waals surface area contributed by atoms with Gasteiger partial charge in [-0.2, -0.15) is 0 Å². The Bertz CT molecular complexity index is 181. The third kappa shape index (κ3) is 7.75. The fourth-order valence-electron chi connectivity index (χ4n) is 0.938. The summed E-state index contributed by atoms with van der Waals surface area (Å²) in [6.07, 6.45) is 6.20. The van der Waals surface area contributed by atoms with E-state index in [1.807, 2.05) is 6.92 Å². The van der Waals surface area contributed by atoms with E-state index in [0.29, 0.717) is 6.61 Å². The second kappa shape index (κ2) is 8.02. The zero-order chi connectivity index (χ0) is 10.1. The van der Waals surface area contributed by atoms with Crippen molar-refractivity contribution in [3.05, 3.63) is 23.3 Å². The molecular formula is C11H20O2. The minimum Gasteiger partial charge on any atom is -0.392 e. The second-order valence-corrected chi connectivity index (χ2v) is 3.25. The van der Waals surface area contributed by atoms with Gasteiger partial charge in [0, 0.05) is 7.11 Å². The first-order valence-corrected chi connectivity index (χ1v) is 4.61.